The van der Waals surface area contributed by atoms with Crippen LogP contribution in [0.2, 0.25) is 0 Å². The van der Waals surface area contributed by atoms with Crippen molar-refractivity contribution in [1.29, 1.82) is 0 Å². The summed E-state index contributed by atoms with van der Waals surface area (Å²) in [6.45, 7) is 5.07. The van der Waals surface area contributed by atoms with Gasteiger partial charge in [-0.3, -0.25) is 14.4 Å². The zero-order valence-corrected chi connectivity index (χ0v) is 21.5. The highest BCUT2D eigenvalue weighted by molar-refractivity contribution is 7.98. The summed E-state index contributed by atoms with van der Waals surface area (Å²) >= 11 is 1.48. The molecule has 0 fully saturated rings. The molecular formula is C24H38N4O6S. The summed E-state index contributed by atoms with van der Waals surface area (Å²) in [4.78, 5) is 50.2. The number of carbonyl (C=O) groups excluding carboxylic acids is 3. The molecule has 0 spiro atoms. The minimum Gasteiger partial charge on any atom is -0.480 e. The number of rotatable bonds is 15. The Kier molecular flexibility index (Phi) is 13.4. The van der Waals surface area contributed by atoms with Crippen LogP contribution in [0.3, 0.4) is 0 Å². The molecule has 196 valence electrons. The van der Waals surface area contributed by atoms with E-state index in [0.29, 0.717) is 5.75 Å². The van der Waals surface area contributed by atoms with Gasteiger partial charge in [0, 0.05) is 6.42 Å². The van der Waals surface area contributed by atoms with Crippen LogP contribution in [-0.2, 0) is 25.6 Å². The van der Waals surface area contributed by atoms with Crippen LogP contribution in [-0.4, -0.2) is 76.2 Å². The molecule has 5 atom stereocenters. The first kappa shape index (κ1) is 30.4. The number of nitrogens with one attached hydrogen (secondary N) is 3. The van der Waals surface area contributed by atoms with Crippen LogP contribution in [0.4, 0.5) is 0 Å². The molecule has 0 bridgehead atoms. The standard InChI is InChI=1S/C24H38N4O6S/c1-14(2)12-19(24(33)34)28-21(30)17(10-11-35-4)26-22(31)18(13-16-8-6-5-7-9-16)27-23(32)20(25)15(3)29/h5-9,14-15,17-20,29H,10-13,25H2,1-4H3,(H,26,31)(H,27,32)(H,28,30)(H,33,34). The zero-order chi connectivity index (χ0) is 26.5. The Hall–Kier alpha value is -2.63. The van der Waals surface area contributed by atoms with Crippen molar-refractivity contribution in [2.24, 2.45) is 11.7 Å². The predicted molar refractivity (Wildman–Crippen MR) is 136 cm³/mol. The molecule has 0 aliphatic heterocycles. The first-order valence-electron chi connectivity index (χ1n) is 11.6. The van der Waals surface area contributed by atoms with E-state index in [9.17, 15) is 29.4 Å². The molecule has 0 heterocycles. The van der Waals surface area contributed by atoms with Crippen LogP contribution in [0.15, 0.2) is 30.3 Å². The minimum atomic E-state index is -1.23. The maximum atomic E-state index is 13.2. The Labute approximate surface area is 210 Å². The number of thioether (sulfide) groups is 1. The number of carboxylic acid groups (broad SMARTS) is 1. The summed E-state index contributed by atoms with van der Waals surface area (Å²) in [5.41, 5.74) is 6.49. The fraction of sp³-hybridized carbons (Fsp3) is 0.583. The lowest BCUT2D eigenvalue weighted by Crippen LogP contribution is -2.58. The van der Waals surface area contributed by atoms with Gasteiger partial charge >= 0.3 is 5.97 Å². The number of carbonyl (C=O) groups is 4. The summed E-state index contributed by atoms with van der Waals surface area (Å²) < 4.78 is 0. The Bertz CT molecular complexity index is 837. The van der Waals surface area contributed by atoms with Crippen molar-refractivity contribution >= 4 is 35.5 Å². The van der Waals surface area contributed by atoms with Crippen molar-refractivity contribution in [2.75, 3.05) is 12.0 Å². The SMILES string of the molecule is CSCCC(NC(=O)C(Cc1ccccc1)NC(=O)C(N)C(C)O)C(=O)NC(CC(C)C)C(=O)O. The highest BCUT2D eigenvalue weighted by Gasteiger charge is 2.31. The van der Waals surface area contributed by atoms with Crippen molar-refractivity contribution in [2.45, 2.75) is 70.3 Å². The van der Waals surface area contributed by atoms with Gasteiger partial charge < -0.3 is 31.9 Å². The van der Waals surface area contributed by atoms with Gasteiger partial charge in [-0.2, -0.15) is 11.8 Å². The number of carboxylic acids is 1. The van der Waals surface area contributed by atoms with E-state index in [4.69, 9.17) is 5.73 Å². The van der Waals surface area contributed by atoms with E-state index in [1.165, 1.54) is 18.7 Å². The average molecular weight is 511 g/mol. The van der Waals surface area contributed by atoms with Crippen LogP contribution >= 0.6 is 11.8 Å². The highest BCUT2D eigenvalue weighted by Crippen LogP contribution is 2.09. The second-order valence-electron chi connectivity index (χ2n) is 8.89. The van der Waals surface area contributed by atoms with Crippen molar-refractivity contribution in [3.05, 3.63) is 35.9 Å². The number of aliphatic hydroxyl groups is 1. The number of amides is 3. The van der Waals surface area contributed by atoms with E-state index >= 15 is 0 Å². The third-order valence-electron chi connectivity index (χ3n) is 5.30. The lowest BCUT2D eigenvalue weighted by molar-refractivity contribution is -0.142. The molecule has 1 aromatic carbocycles. The first-order chi connectivity index (χ1) is 16.5. The number of aliphatic hydroxyl groups excluding tert-OH is 1. The van der Waals surface area contributed by atoms with Gasteiger partial charge in [0.2, 0.25) is 17.7 Å². The van der Waals surface area contributed by atoms with Crippen LogP contribution < -0.4 is 21.7 Å². The van der Waals surface area contributed by atoms with Gasteiger partial charge in [0.1, 0.15) is 24.2 Å². The third kappa shape index (κ3) is 11.1. The van der Waals surface area contributed by atoms with Crippen LogP contribution in [0.25, 0.3) is 0 Å². The number of aliphatic carboxylic acids is 1. The van der Waals surface area contributed by atoms with Gasteiger partial charge in [-0.15, -0.1) is 0 Å². The van der Waals surface area contributed by atoms with Crippen molar-refractivity contribution in [3.63, 3.8) is 0 Å². The van der Waals surface area contributed by atoms with Crippen LogP contribution in [0.5, 0.6) is 0 Å². The maximum absolute atomic E-state index is 13.2. The molecule has 1 rings (SSSR count). The van der Waals surface area contributed by atoms with Crippen LogP contribution in [0.1, 0.15) is 39.2 Å². The largest absolute Gasteiger partial charge is 0.480 e. The molecule has 1 aromatic rings. The summed E-state index contributed by atoms with van der Waals surface area (Å²) in [5.74, 6) is -2.49. The minimum absolute atomic E-state index is 0.0410. The second kappa shape index (κ2) is 15.4. The monoisotopic (exact) mass is 510 g/mol. The fourth-order valence-corrected chi connectivity index (χ4v) is 3.76. The average Bonchev–Trinajstić information content (AvgIpc) is 2.80. The molecule has 3 amide bonds. The second-order valence-corrected chi connectivity index (χ2v) is 9.87. The lowest BCUT2D eigenvalue weighted by Gasteiger charge is -2.26. The van der Waals surface area contributed by atoms with Gasteiger partial charge in [-0.1, -0.05) is 44.2 Å². The quantitative estimate of drug-likeness (QED) is 0.195. The first-order valence-corrected chi connectivity index (χ1v) is 13.0. The van der Waals surface area contributed by atoms with Gasteiger partial charge in [0.25, 0.3) is 0 Å². The normalized spacial score (nSPS) is 15.4. The number of nitrogens with two attached hydrogens (primary N) is 1. The Morgan fingerprint density at radius 1 is 0.914 bits per heavy atom. The molecule has 0 radical (unpaired) electrons. The van der Waals surface area contributed by atoms with Gasteiger partial charge in [0.15, 0.2) is 0 Å². The molecule has 35 heavy (non-hydrogen) atoms. The van der Waals surface area contributed by atoms with Gasteiger partial charge in [-0.05, 0) is 43.3 Å². The molecule has 10 nitrogen and oxygen atoms in total. The number of benzene rings is 1. The number of hydrogen-bond donors (Lipinski definition) is 6. The van der Waals surface area contributed by atoms with Crippen LogP contribution in [0, 0.1) is 5.92 Å². The number of hydrogen-bond acceptors (Lipinski definition) is 7. The van der Waals surface area contributed by atoms with Gasteiger partial charge in [-0.25, -0.2) is 4.79 Å². The van der Waals surface area contributed by atoms with Crippen molar-refractivity contribution < 1.29 is 29.4 Å². The molecule has 0 saturated carbocycles. The highest BCUT2D eigenvalue weighted by atomic mass is 32.2. The summed E-state index contributed by atoms with van der Waals surface area (Å²) in [6, 6.07) is 4.62. The Morgan fingerprint density at radius 3 is 1.97 bits per heavy atom. The van der Waals surface area contributed by atoms with Gasteiger partial charge in [0.05, 0.1) is 6.10 Å². The molecule has 0 aliphatic carbocycles. The molecule has 0 aliphatic rings. The zero-order valence-electron chi connectivity index (χ0n) is 20.7. The van der Waals surface area contributed by atoms with Crippen molar-refractivity contribution in [1.82, 2.24) is 16.0 Å². The van der Waals surface area contributed by atoms with Crippen molar-refractivity contribution in [3.8, 4) is 0 Å². The predicted octanol–water partition coefficient (Wildman–Crippen LogP) is 0.275. The maximum Gasteiger partial charge on any atom is 0.326 e. The smallest absolute Gasteiger partial charge is 0.326 e. The third-order valence-corrected chi connectivity index (χ3v) is 5.95. The molecule has 7 N–H and O–H groups in total. The summed E-state index contributed by atoms with van der Waals surface area (Å²) in [6.07, 6.45) is 1.38. The lowest BCUT2D eigenvalue weighted by atomic mass is 10.0. The Morgan fingerprint density at radius 2 is 1.46 bits per heavy atom. The van der Waals surface area contributed by atoms with E-state index < -0.39 is 54.0 Å². The van der Waals surface area contributed by atoms with E-state index in [2.05, 4.69) is 16.0 Å². The van der Waals surface area contributed by atoms with E-state index in [0.717, 1.165) is 5.56 Å². The Balaban J connectivity index is 3.08. The van der Waals surface area contributed by atoms with E-state index in [1.807, 2.05) is 26.2 Å². The molecular weight excluding hydrogens is 472 g/mol. The molecule has 5 unspecified atom stereocenters. The topological polar surface area (TPSA) is 171 Å². The molecule has 0 saturated heterocycles. The molecule has 0 aromatic heterocycles. The fourth-order valence-electron chi connectivity index (χ4n) is 3.29. The molecule has 11 heteroatoms. The van der Waals surface area contributed by atoms with E-state index in [1.54, 1.807) is 24.3 Å². The van der Waals surface area contributed by atoms with E-state index in [-0.39, 0.29) is 25.2 Å². The summed E-state index contributed by atoms with van der Waals surface area (Å²) in [7, 11) is 0. The summed E-state index contributed by atoms with van der Waals surface area (Å²) in [5, 5.41) is 26.9.